The SMILES string of the molecule is Cc1cc(N2CCO[C@H](c3ncc(Cc4ccc(F)cc4)o3)C2)ncn1. The number of oxazole rings is 1. The van der Waals surface area contributed by atoms with E-state index in [0.29, 0.717) is 25.5 Å². The first kappa shape index (κ1) is 16.7. The molecule has 3 aromatic rings. The van der Waals surface area contributed by atoms with Gasteiger partial charge in [0.25, 0.3) is 0 Å². The van der Waals surface area contributed by atoms with Crippen molar-refractivity contribution < 1.29 is 13.5 Å². The van der Waals surface area contributed by atoms with Crippen molar-refractivity contribution in [2.24, 2.45) is 0 Å². The van der Waals surface area contributed by atoms with Gasteiger partial charge in [-0.05, 0) is 24.6 Å². The molecule has 6 nitrogen and oxygen atoms in total. The van der Waals surface area contributed by atoms with Crippen LogP contribution in [0.1, 0.15) is 29.0 Å². The Bertz CT molecular complexity index is 881. The summed E-state index contributed by atoms with van der Waals surface area (Å²) in [6.45, 7) is 3.89. The van der Waals surface area contributed by atoms with Crippen LogP contribution in [0, 0.1) is 12.7 Å². The van der Waals surface area contributed by atoms with Gasteiger partial charge >= 0.3 is 0 Å². The van der Waals surface area contributed by atoms with Crippen LogP contribution in [0.2, 0.25) is 0 Å². The molecule has 0 saturated carbocycles. The summed E-state index contributed by atoms with van der Waals surface area (Å²) in [5.41, 5.74) is 1.90. The Balaban J connectivity index is 1.45. The lowest BCUT2D eigenvalue weighted by molar-refractivity contribution is 0.0214. The van der Waals surface area contributed by atoms with Crippen LogP contribution >= 0.6 is 0 Å². The van der Waals surface area contributed by atoms with Crippen molar-refractivity contribution in [3.8, 4) is 0 Å². The fourth-order valence-electron chi connectivity index (χ4n) is 2.98. The Morgan fingerprint density at radius 3 is 2.85 bits per heavy atom. The lowest BCUT2D eigenvalue weighted by atomic mass is 10.1. The second-order valence-electron chi connectivity index (χ2n) is 6.29. The van der Waals surface area contributed by atoms with E-state index >= 15 is 0 Å². The zero-order valence-electron chi connectivity index (χ0n) is 14.4. The van der Waals surface area contributed by atoms with E-state index in [-0.39, 0.29) is 11.9 Å². The molecule has 3 heterocycles. The number of benzene rings is 1. The number of morpholine rings is 1. The van der Waals surface area contributed by atoms with Crippen molar-refractivity contribution in [1.82, 2.24) is 15.0 Å². The van der Waals surface area contributed by atoms with Crippen LogP contribution in [0.5, 0.6) is 0 Å². The van der Waals surface area contributed by atoms with E-state index in [0.717, 1.165) is 29.4 Å². The Labute approximate surface area is 150 Å². The van der Waals surface area contributed by atoms with Crippen molar-refractivity contribution >= 4 is 5.82 Å². The minimum Gasteiger partial charge on any atom is -0.442 e. The van der Waals surface area contributed by atoms with Gasteiger partial charge in [-0.15, -0.1) is 0 Å². The topological polar surface area (TPSA) is 64.3 Å². The Morgan fingerprint density at radius 2 is 2.04 bits per heavy atom. The highest BCUT2D eigenvalue weighted by molar-refractivity contribution is 5.39. The molecular weight excluding hydrogens is 335 g/mol. The van der Waals surface area contributed by atoms with Crippen molar-refractivity contribution in [1.29, 1.82) is 0 Å². The first-order valence-electron chi connectivity index (χ1n) is 8.51. The van der Waals surface area contributed by atoms with E-state index in [2.05, 4.69) is 19.9 Å². The molecule has 1 atom stereocenters. The highest BCUT2D eigenvalue weighted by Crippen LogP contribution is 2.25. The summed E-state index contributed by atoms with van der Waals surface area (Å²) in [5.74, 6) is 1.91. The summed E-state index contributed by atoms with van der Waals surface area (Å²) in [6, 6.07) is 8.33. The minimum atomic E-state index is -0.249. The van der Waals surface area contributed by atoms with Gasteiger partial charge in [-0.25, -0.2) is 19.3 Å². The lowest BCUT2D eigenvalue weighted by Gasteiger charge is -2.32. The third kappa shape index (κ3) is 3.72. The number of halogens is 1. The van der Waals surface area contributed by atoms with Crippen molar-refractivity contribution in [3.05, 3.63) is 71.6 Å². The van der Waals surface area contributed by atoms with Crippen molar-refractivity contribution in [2.75, 3.05) is 24.6 Å². The molecule has 1 aliphatic rings. The van der Waals surface area contributed by atoms with Crippen LogP contribution in [0.15, 0.2) is 47.3 Å². The largest absolute Gasteiger partial charge is 0.442 e. The van der Waals surface area contributed by atoms with E-state index in [9.17, 15) is 4.39 Å². The van der Waals surface area contributed by atoms with Gasteiger partial charge in [0.05, 0.1) is 19.3 Å². The molecule has 0 radical (unpaired) electrons. The smallest absolute Gasteiger partial charge is 0.225 e. The molecule has 0 unspecified atom stereocenters. The summed E-state index contributed by atoms with van der Waals surface area (Å²) < 4.78 is 24.7. The van der Waals surface area contributed by atoms with Gasteiger partial charge in [-0.2, -0.15) is 0 Å². The van der Waals surface area contributed by atoms with Crippen LogP contribution in [-0.4, -0.2) is 34.6 Å². The zero-order chi connectivity index (χ0) is 17.9. The summed E-state index contributed by atoms with van der Waals surface area (Å²) in [7, 11) is 0. The maximum Gasteiger partial charge on any atom is 0.225 e. The Hall–Kier alpha value is -2.80. The fourth-order valence-corrected chi connectivity index (χ4v) is 2.98. The second kappa shape index (κ2) is 7.21. The predicted molar refractivity (Wildman–Crippen MR) is 93.4 cm³/mol. The normalized spacial score (nSPS) is 17.5. The first-order chi connectivity index (χ1) is 12.7. The van der Waals surface area contributed by atoms with Crippen LogP contribution in [0.4, 0.5) is 10.2 Å². The van der Waals surface area contributed by atoms with Gasteiger partial charge in [-0.3, -0.25) is 0 Å². The number of hydrogen-bond donors (Lipinski definition) is 0. The number of anilines is 1. The molecule has 1 aromatic carbocycles. The average molecular weight is 354 g/mol. The van der Waals surface area contributed by atoms with Gasteiger partial charge in [-0.1, -0.05) is 12.1 Å². The molecule has 2 aromatic heterocycles. The number of ether oxygens (including phenoxy) is 1. The summed E-state index contributed by atoms with van der Waals surface area (Å²) in [5, 5.41) is 0. The van der Waals surface area contributed by atoms with Crippen LogP contribution in [0.3, 0.4) is 0 Å². The molecule has 4 rings (SSSR count). The molecule has 0 N–H and O–H groups in total. The Morgan fingerprint density at radius 1 is 1.19 bits per heavy atom. The van der Waals surface area contributed by atoms with Crippen LogP contribution < -0.4 is 4.90 Å². The minimum absolute atomic E-state index is 0.248. The molecule has 26 heavy (non-hydrogen) atoms. The molecule has 0 aliphatic carbocycles. The van der Waals surface area contributed by atoms with E-state index in [1.165, 1.54) is 12.1 Å². The van der Waals surface area contributed by atoms with E-state index < -0.39 is 0 Å². The summed E-state index contributed by atoms with van der Waals surface area (Å²) in [6.07, 6.45) is 3.59. The number of hydrogen-bond acceptors (Lipinski definition) is 6. The van der Waals surface area contributed by atoms with Gasteiger partial charge < -0.3 is 14.1 Å². The number of aryl methyl sites for hydroxylation is 1. The molecule has 0 amide bonds. The first-order valence-corrected chi connectivity index (χ1v) is 8.51. The molecule has 134 valence electrons. The van der Waals surface area contributed by atoms with Crippen molar-refractivity contribution in [2.45, 2.75) is 19.4 Å². The molecule has 1 saturated heterocycles. The highest BCUT2D eigenvalue weighted by Gasteiger charge is 2.26. The standard InChI is InChI=1S/C19H19FN4O2/c1-13-8-18(23-12-22-13)24-6-7-25-17(11-24)19-21-10-16(26-19)9-14-2-4-15(20)5-3-14/h2-5,8,10,12,17H,6-7,9,11H2,1H3/t17-/m0/s1. The van der Waals surface area contributed by atoms with E-state index in [4.69, 9.17) is 9.15 Å². The van der Waals surface area contributed by atoms with E-state index in [1.807, 2.05) is 13.0 Å². The quantitative estimate of drug-likeness (QED) is 0.717. The summed E-state index contributed by atoms with van der Waals surface area (Å²) in [4.78, 5) is 15.0. The fraction of sp³-hybridized carbons (Fsp3) is 0.316. The molecule has 7 heteroatoms. The monoisotopic (exact) mass is 354 g/mol. The molecular formula is C19H19FN4O2. The van der Waals surface area contributed by atoms with Crippen molar-refractivity contribution in [3.63, 3.8) is 0 Å². The van der Waals surface area contributed by atoms with Gasteiger partial charge in [0, 0.05) is 24.7 Å². The number of rotatable bonds is 4. The Kier molecular flexibility index (Phi) is 4.62. The van der Waals surface area contributed by atoms with Gasteiger partial charge in [0.2, 0.25) is 5.89 Å². The molecule has 1 aliphatic heterocycles. The van der Waals surface area contributed by atoms with Crippen LogP contribution in [0.25, 0.3) is 0 Å². The molecule has 0 bridgehead atoms. The molecule has 0 spiro atoms. The van der Waals surface area contributed by atoms with E-state index in [1.54, 1.807) is 24.7 Å². The molecule has 1 fully saturated rings. The van der Waals surface area contributed by atoms with Gasteiger partial charge in [0.15, 0.2) is 6.10 Å². The third-order valence-corrected chi connectivity index (χ3v) is 4.32. The maximum atomic E-state index is 13.0. The lowest BCUT2D eigenvalue weighted by Crippen LogP contribution is -2.39. The maximum absolute atomic E-state index is 13.0. The highest BCUT2D eigenvalue weighted by atomic mass is 19.1. The second-order valence-corrected chi connectivity index (χ2v) is 6.29. The predicted octanol–water partition coefficient (Wildman–Crippen LogP) is 3.08. The number of nitrogens with zero attached hydrogens (tertiary/aromatic N) is 4. The average Bonchev–Trinajstić information content (AvgIpc) is 3.12. The van der Waals surface area contributed by atoms with Crippen LogP contribution in [-0.2, 0) is 11.2 Å². The number of aromatic nitrogens is 3. The van der Waals surface area contributed by atoms with Gasteiger partial charge in [0.1, 0.15) is 23.7 Å². The summed E-state index contributed by atoms with van der Waals surface area (Å²) >= 11 is 0. The zero-order valence-corrected chi connectivity index (χ0v) is 14.4. The third-order valence-electron chi connectivity index (χ3n) is 4.32.